The van der Waals surface area contributed by atoms with Crippen molar-refractivity contribution < 1.29 is 9.53 Å². The highest BCUT2D eigenvalue weighted by Gasteiger charge is 2.13. The first-order valence-electron chi connectivity index (χ1n) is 8.91. The van der Waals surface area contributed by atoms with Crippen LogP contribution in [0.4, 0.5) is 0 Å². The molecule has 0 heterocycles. The number of benzene rings is 3. The van der Waals surface area contributed by atoms with Gasteiger partial charge in [0.2, 0.25) is 0 Å². The van der Waals surface area contributed by atoms with E-state index in [1.54, 1.807) is 30.3 Å². The van der Waals surface area contributed by atoms with Gasteiger partial charge >= 0.3 is 5.97 Å². The molecule has 0 bridgehead atoms. The van der Waals surface area contributed by atoms with Gasteiger partial charge in [0.05, 0.1) is 5.56 Å². The number of carbonyl (C=O) groups is 1. The summed E-state index contributed by atoms with van der Waals surface area (Å²) in [5, 5.41) is 9.39. The largest absolute Gasteiger partial charge is 0.423 e. The van der Waals surface area contributed by atoms with Crippen molar-refractivity contribution in [3.8, 4) is 5.75 Å². The highest BCUT2D eigenvalue weighted by Crippen LogP contribution is 2.25. The fourth-order valence-electron chi connectivity index (χ4n) is 3.10. The lowest BCUT2D eigenvalue weighted by atomic mass is 9.88. The van der Waals surface area contributed by atoms with E-state index < -0.39 is 0 Å². The number of esters is 1. The zero-order chi connectivity index (χ0) is 19.6. The Bertz CT molecular complexity index is 999. The van der Waals surface area contributed by atoms with Crippen molar-refractivity contribution in [3.05, 3.63) is 77.4 Å². The predicted molar refractivity (Wildman–Crippen MR) is 110 cm³/mol. The Kier molecular flexibility index (Phi) is 5.00. The molecule has 3 aromatic carbocycles. The van der Waals surface area contributed by atoms with Crippen LogP contribution in [-0.4, -0.2) is 11.8 Å². The Morgan fingerprint density at radius 1 is 1.04 bits per heavy atom. The molecule has 4 heteroatoms. The van der Waals surface area contributed by atoms with E-state index in [9.17, 15) is 4.79 Å². The van der Waals surface area contributed by atoms with E-state index in [1.165, 1.54) is 5.56 Å². The lowest BCUT2D eigenvalue weighted by Gasteiger charge is -2.18. The second kappa shape index (κ2) is 7.23. The molecule has 3 rings (SSSR count). The number of carbonyl (C=O) groups excluding carboxylic acids is 1. The second-order valence-corrected chi connectivity index (χ2v) is 7.93. The summed E-state index contributed by atoms with van der Waals surface area (Å²) in [6.07, 6.45) is 0.950. The zero-order valence-electron chi connectivity index (χ0n) is 15.9. The van der Waals surface area contributed by atoms with Crippen LogP contribution in [0.25, 0.3) is 10.8 Å². The normalized spacial score (nSPS) is 11.4. The van der Waals surface area contributed by atoms with Crippen molar-refractivity contribution in [2.75, 3.05) is 0 Å². The molecule has 0 saturated carbocycles. The molecule has 138 valence electrons. The highest BCUT2D eigenvalue weighted by atomic mass is 16.5. The van der Waals surface area contributed by atoms with Crippen LogP contribution in [0.3, 0.4) is 0 Å². The van der Waals surface area contributed by atoms with Crippen molar-refractivity contribution in [2.24, 2.45) is 11.1 Å². The quantitative estimate of drug-likeness (QED) is 0.300. The van der Waals surface area contributed by atoms with E-state index in [0.29, 0.717) is 16.9 Å². The first-order chi connectivity index (χ1) is 12.7. The lowest BCUT2D eigenvalue weighted by Crippen LogP contribution is -2.12. The number of amidine groups is 1. The fourth-order valence-corrected chi connectivity index (χ4v) is 3.10. The zero-order valence-corrected chi connectivity index (χ0v) is 15.9. The van der Waals surface area contributed by atoms with Crippen molar-refractivity contribution >= 4 is 22.6 Å². The van der Waals surface area contributed by atoms with Gasteiger partial charge in [0.1, 0.15) is 11.6 Å². The van der Waals surface area contributed by atoms with E-state index in [-0.39, 0.29) is 17.2 Å². The molecule has 0 aliphatic heterocycles. The molecule has 0 aromatic heterocycles. The summed E-state index contributed by atoms with van der Waals surface area (Å²) in [6, 6.07) is 18.4. The highest BCUT2D eigenvalue weighted by molar-refractivity contribution is 6.07. The standard InChI is InChI=1S/C23H24N2O2/c1-23(2,3)14-15-7-9-16(10-8-15)22(26)27-18-11-12-19-17(13-18)5-4-6-20(19)21(24)25/h4-13H,14H2,1-3H3,(H3,24,25). The summed E-state index contributed by atoms with van der Waals surface area (Å²) in [7, 11) is 0. The van der Waals surface area contributed by atoms with Crippen LogP contribution in [0.1, 0.15) is 42.3 Å². The van der Waals surface area contributed by atoms with Gasteiger partial charge in [0, 0.05) is 5.56 Å². The van der Waals surface area contributed by atoms with Crippen LogP contribution in [0.15, 0.2) is 60.7 Å². The molecule has 3 N–H and O–H groups in total. The van der Waals surface area contributed by atoms with E-state index in [1.807, 2.05) is 30.3 Å². The monoisotopic (exact) mass is 360 g/mol. The van der Waals surface area contributed by atoms with Gasteiger partial charge < -0.3 is 10.5 Å². The van der Waals surface area contributed by atoms with Crippen LogP contribution in [-0.2, 0) is 6.42 Å². The molecule has 0 aliphatic carbocycles. The van der Waals surface area contributed by atoms with Gasteiger partial charge in [-0.25, -0.2) is 4.79 Å². The molecule has 0 atom stereocenters. The number of hydrogen-bond donors (Lipinski definition) is 2. The SMILES string of the molecule is CC(C)(C)Cc1ccc(C(=O)Oc2ccc3c(C(=N)N)cccc3c2)cc1. The Morgan fingerprint density at radius 3 is 2.37 bits per heavy atom. The average molecular weight is 360 g/mol. The van der Waals surface area contributed by atoms with E-state index in [4.69, 9.17) is 15.9 Å². The van der Waals surface area contributed by atoms with Crippen molar-refractivity contribution in [1.29, 1.82) is 5.41 Å². The number of hydrogen-bond acceptors (Lipinski definition) is 3. The van der Waals surface area contributed by atoms with Gasteiger partial charge in [-0.15, -0.1) is 0 Å². The minimum Gasteiger partial charge on any atom is -0.423 e. The third-order valence-corrected chi connectivity index (χ3v) is 4.28. The third-order valence-electron chi connectivity index (χ3n) is 4.28. The Hall–Kier alpha value is -3.14. The minimum absolute atomic E-state index is 0.0145. The summed E-state index contributed by atoms with van der Waals surface area (Å²) in [5.74, 6) is 0.0899. The lowest BCUT2D eigenvalue weighted by molar-refractivity contribution is 0.0735. The molecule has 0 spiro atoms. The molecule has 4 nitrogen and oxygen atoms in total. The van der Waals surface area contributed by atoms with Crippen LogP contribution < -0.4 is 10.5 Å². The number of nitrogens with two attached hydrogens (primary N) is 1. The van der Waals surface area contributed by atoms with Crippen molar-refractivity contribution in [3.63, 3.8) is 0 Å². The number of nitrogen functional groups attached to an aromatic ring is 1. The topological polar surface area (TPSA) is 76.2 Å². The van der Waals surface area contributed by atoms with Gasteiger partial charge in [0.15, 0.2) is 0 Å². The summed E-state index contributed by atoms with van der Waals surface area (Å²) in [5.41, 5.74) is 8.20. The number of nitrogens with one attached hydrogen (secondary N) is 1. The van der Waals surface area contributed by atoms with Gasteiger partial charge in [-0.3, -0.25) is 5.41 Å². The van der Waals surface area contributed by atoms with Crippen LogP contribution >= 0.6 is 0 Å². The van der Waals surface area contributed by atoms with Crippen LogP contribution in [0, 0.1) is 10.8 Å². The summed E-state index contributed by atoms with van der Waals surface area (Å²) >= 11 is 0. The molecular formula is C23H24N2O2. The average Bonchev–Trinajstić information content (AvgIpc) is 2.60. The van der Waals surface area contributed by atoms with Crippen LogP contribution in [0.2, 0.25) is 0 Å². The maximum atomic E-state index is 12.4. The van der Waals surface area contributed by atoms with Gasteiger partial charge in [-0.2, -0.15) is 0 Å². The van der Waals surface area contributed by atoms with E-state index in [0.717, 1.165) is 17.2 Å². The summed E-state index contributed by atoms with van der Waals surface area (Å²) in [4.78, 5) is 12.4. The molecule has 0 aliphatic rings. The molecule has 0 unspecified atom stereocenters. The first kappa shape index (κ1) is 18.6. The molecule has 0 amide bonds. The van der Waals surface area contributed by atoms with E-state index >= 15 is 0 Å². The number of fused-ring (bicyclic) bond motifs is 1. The molecule has 27 heavy (non-hydrogen) atoms. The van der Waals surface area contributed by atoms with Gasteiger partial charge in [-0.1, -0.05) is 51.1 Å². The Labute approximate surface area is 159 Å². The van der Waals surface area contributed by atoms with E-state index in [2.05, 4.69) is 20.8 Å². The maximum Gasteiger partial charge on any atom is 0.343 e. The second-order valence-electron chi connectivity index (χ2n) is 7.93. The molecule has 0 fully saturated rings. The Balaban J connectivity index is 1.79. The fraction of sp³-hybridized carbons (Fsp3) is 0.217. The summed E-state index contributed by atoms with van der Waals surface area (Å²) < 4.78 is 5.53. The smallest absolute Gasteiger partial charge is 0.343 e. The van der Waals surface area contributed by atoms with Gasteiger partial charge in [0.25, 0.3) is 0 Å². The van der Waals surface area contributed by atoms with Crippen LogP contribution in [0.5, 0.6) is 5.75 Å². The number of rotatable bonds is 4. The molecule has 0 radical (unpaired) electrons. The molecule has 3 aromatic rings. The molecule has 0 saturated heterocycles. The summed E-state index contributed by atoms with van der Waals surface area (Å²) in [6.45, 7) is 6.56. The first-order valence-corrected chi connectivity index (χ1v) is 8.91. The van der Waals surface area contributed by atoms with Crippen molar-refractivity contribution in [1.82, 2.24) is 0 Å². The predicted octanol–water partition coefficient (Wildman–Crippen LogP) is 4.93. The molecular weight excluding hydrogens is 336 g/mol. The number of ether oxygens (including phenoxy) is 1. The van der Waals surface area contributed by atoms with Crippen molar-refractivity contribution in [2.45, 2.75) is 27.2 Å². The Morgan fingerprint density at radius 2 is 1.74 bits per heavy atom. The minimum atomic E-state index is -0.389. The third kappa shape index (κ3) is 4.53. The maximum absolute atomic E-state index is 12.4. The van der Waals surface area contributed by atoms with Gasteiger partial charge in [-0.05, 0) is 58.5 Å².